The molecule has 0 saturated heterocycles. The van der Waals surface area contributed by atoms with E-state index in [4.69, 9.17) is 0 Å². The van der Waals surface area contributed by atoms with Gasteiger partial charge >= 0.3 is 0 Å². The molecule has 0 aliphatic rings. The van der Waals surface area contributed by atoms with Crippen molar-refractivity contribution in [3.8, 4) is 0 Å². The van der Waals surface area contributed by atoms with Gasteiger partial charge < -0.3 is 4.90 Å². The molecule has 100 valence electrons. The molecule has 2 aromatic carbocycles. The smallest absolute Gasteiger partial charge is 0.0368 e. The maximum Gasteiger partial charge on any atom is 0.0368 e. The molecular weight excluding hydrogens is 230 g/mol. The monoisotopic (exact) mass is 253 g/mol. The third kappa shape index (κ3) is 3.85. The lowest BCUT2D eigenvalue weighted by atomic mass is 10.0. The van der Waals surface area contributed by atoms with Crippen molar-refractivity contribution in [3.05, 3.63) is 65.7 Å². The van der Waals surface area contributed by atoms with E-state index in [0.717, 1.165) is 25.9 Å². The summed E-state index contributed by atoms with van der Waals surface area (Å²) in [7, 11) is 0. The predicted molar refractivity (Wildman–Crippen MR) is 83.9 cm³/mol. The summed E-state index contributed by atoms with van der Waals surface area (Å²) in [4.78, 5) is 2.39. The second kappa shape index (κ2) is 6.98. The zero-order valence-corrected chi connectivity index (χ0v) is 12.0. The first-order valence-corrected chi connectivity index (χ1v) is 7.21. The molecule has 0 N–H and O–H groups in total. The van der Waals surface area contributed by atoms with Gasteiger partial charge in [0, 0.05) is 18.8 Å². The molecule has 0 amide bonds. The summed E-state index contributed by atoms with van der Waals surface area (Å²) < 4.78 is 0. The van der Waals surface area contributed by atoms with E-state index in [1.54, 1.807) is 0 Å². The van der Waals surface area contributed by atoms with Crippen molar-refractivity contribution in [2.45, 2.75) is 26.7 Å². The van der Waals surface area contributed by atoms with Crippen molar-refractivity contribution in [2.75, 3.05) is 18.0 Å². The minimum absolute atomic E-state index is 1.07. The minimum atomic E-state index is 1.07. The van der Waals surface area contributed by atoms with Gasteiger partial charge in [-0.25, -0.2) is 0 Å². The Morgan fingerprint density at radius 2 is 1.37 bits per heavy atom. The van der Waals surface area contributed by atoms with E-state index < -0.39 is 0 Å². The Hall–Kier alpha value is -1.76. The molecule has 0 saturated carbocycles. The Balaban J connectivity index is 2.03. The van der Waals surface area contributed by atoms with Crippen molar-refractivity contribution < 1.29 is 0 Å². The minimum Gasteiger partial charge on any atom is -0.372 e. The maximum absolute atomic E-state index is 2.39. The number of hydrogen-bond acceptors (Lipinski definition) is 1. The van der Waals surface area contributed by atoms with Gasteiger partial charge in [-0.05, 0) is 49.9 Å². The lowest BCUT2D eigenvalue weighted by Crippen LogP contribution is -2.21. The topological polar surface area (TPSA) is 3.24 Å². The van der Waals surface area contributed by atoms with Gasteiger partial charge in [-0.3, -0.25) is 0 Å². The van der Waals surface area contributed by atoms with Crippen LogP contribution in [0.1, 0.15) is 25.0 Å². The van der Waals surface area contributed by atoms with E-state index in [9.17, 15) is 0 Å². The molecule has 2 aromatic rings. The van der Waals surface area contributed by atoms with Gasteiger partial charge in [0.05, 0.1) is 0 Å². The van der Waals surface area contributed by atoms with E-state index in [2.05, 4.69) is 73.3 Å². The van der Waals surface area contributed by atoms with Crippen LogP contribution >= 0.6 is 0 Å². The number of hydrogen-bond donors (Lipinski definition) is 0. The standard InChI is InChI=1S/C18H23N/c1-3-19(4-2)18-12-8-11-17(15-18)14-13-16-9-6-5-7-10-16/h5-12,15H,3-4,13-14H2,1-2H3. The van der Waals surface area contributed by atoms with Crippen LogP contribution in [0, 0.1) is 0 Å². The van der Waals surface area contributed by atoms with Crippen molar-refractivity contribution in [2.24, 2.45) is 0 Å². The second-order valence-corrected chi connectivity index (χ2v) is 4.83. The molecule has 0 spiro atoms. The lowest BCUT2D eigenvalue weighted by molar-refractivity contribution is 0.862. The van der Waals surface area contributed by atoms with Crippen molar-refractivity contribution >= 4 is 5.69 Å². The van der Waals surface area contributed by atoms with E-state index in [0.29, 0.717) is 0 Å². The van der Waals surface area contributed by atoms with Crippen LogP contribution in [-0.4, -0.2) is 13.1 Å². The van der Waals surface area contributed by atoms with E-state index >= 15 is 0 Å². The summed E-state index contributed by atoms with van der Waals surface area (Å²) in [5.74, 6) is 0. The van der Waals surface area contributed by atoms with Crippen LogP contribution < -0.4 is 4.90 Å². The molecule has 0 unspecified atom stereocenters. The molecule has 0 radical (unpaired) electrons. The Bertz CT molecular complexity index is 486. The highest BCUT2D eigenvalue weighted by Gasteiger charge is 2.02. The molecule has 1 heteroatoms. The van der Waals surface area contributed by atoms with Crippen LogP contribution in [0.4, 0.5) is 5.69 Å². The zero-order valence-electron chi connectivity index (χ0n) is 12.0. The Kier molecular flexibility index (Phi) is 5.02. The van der Waals surface area contributed by atoms with Gasteiger partial charge in [-0.1, -0.05) is 42.5 Å². The van der Waals surface area contributed by atoms with Crippen LogP contribution in [0.2, 0.25) is 0 Å². The van der Waals surface area contributed by atoms with Crippen LogP contribution in [0.15, 0.2) is 54.6 Å². The largest absolute Gasteiger partial charge is 0.372 e. The summed E-state index contributed by atoms with van der Waals surface area (Å²) in [5.41, 5.74) is 4.18. The normalized spacial score (nSPS) is 10.4. The Labute approximate surface area is 116 Å². The van der Waals surface area contributed by atoms with Gasteiger partial charge in [-0.15, -0.1) is 0 Å². The van der Waals surface area contributed by atoms with Crippen molar-refractivity contribution in [1.29, 1.82) is 0 Å². The second-order valence-electron chi connectivity index (χ2n) is 4.83. The van der Waals surface area contributed by atoms with Gasteiger partial charge in [0.1, 0.15) is 0 Å². The van der Waals surface area contributed by atoms with Gasteiger partial charge in [0.2, 0.25) is 0 Å². The number of anilines is 1. The highest BCUT2D eigenvalue weighted by atomic mass is 15.1. The number of rotatable bonds is 6. The predicted octanol–water partition coefficient (Wildman–Crippen LogP) is 4.32. The molecule has 0 aliphatic carbocycles. The first-order valence-electron chi connectivity index (χ1n) is 7.21. The highest BCUT2D eigenvalue weighted by molar-refractivity contribution is 5.48. The molecule has 2 rings (SSSR count). The SMILES string of the molecule is CCN(CC)c1cccc(CCc2ccccc2)c1. The first-order chi connectivity index (χ1) is 9.33. The molecule has 1 nitrogen and oxygen atoms in total. The fourth-order valence-corrected chi connectivity index (χ4v) is 2.43. The fraction of sp³-hybridized carbons (Fsp3) is 0.333. The molecule has 0 bridgehead atoms. The summed E-state index contributed by atoms with van der Waals surface area (Å²) in [6.45, 7) is 6.55. The van der Waals surface area contributed by atoms with Crippen LogP contribution in [0.5, 0.6) is 0 Å². The third-order valence-corrected chi connectivity index (χ3v) is 3.58. The Morgan fingerprint density at radius 3 is 2.05 bits per heavy atom. The molecule has 0 heterocycles. The Morgan fingerprint density at radius 1 is 0.737 bits per heavy atom. The highest BCUT2D eigenvalue weighted by Crippen LogP contribution is 2.17. The number of benzene rings is 2. The lowest BCUT2D eigenvalue weighted by Gasteiger charge is -2.21. The van der Waals surface area contributed by atoms with E-state index in [1.807, 2.05) is 0 Å². The molecule has 0 aliphatic heterocycles. The number of aryl methyl sites for hydroxylation is 2. The van der Waals surface area contributed by atoms with E-state index in [1.165, 1.54) is 16.8 Å². The van der Waals surface area contributed by atoms with Gasteiger partial charge in [-0.2, -0.15) is 0 Å². The van der Waals surface area contributed by atoms with Gasteiger partial charge in [0.25, 0.3) is 0 Å². The summed E-state index contributed by atoms with van der Waals surface area (Å²) in [5, 5.41) is 0. The molecule has 0 aromatic heterocycles. The summed E-state index contributed by atoms with van der Waals surface area (Å²) in [6, 6.07) is 19.6. The molecule has 0 atom stereocenters. The average Bonchev–Trinajstić information content (AvgIpc) is 2.48. The first kappa shape index (κ1) is 13.7. The third-order valence-electron chi connectivity index (χ3n) is 3.58. The van der Waals surface area contributed by atoms with Crippen molar-refractivity contribution in [1.82, 2.24) is 0 Å². The van der Waals surface area contributed by atoms with Gasteiger partial charge in [0.15, 0.2) is 0 Å². The summed E-state index contributed by atoms with van der Waals surface area (Å²) in [6.07, 6.45) is 2.22. The zero-order chi connectivity index (χ0) is 13.5. The fourth-order valence-electron chi connectivity index (χ4n) is 2.43. The molecule has 0 fully saturated rings. The summed E-state index contributed by atoms with van der Waals surface area (Å²) >= 11 is 0. The molecule has 19 heavy (non-hydrogen) atoms. The van der Waals surface area contributed by atoms with Crippen LogP contribution in [0.3, 0.4) is 0 Å². The van der Waals surface area contributed by atoms with Crippen molar-refractivity contribution in [3.63, 3.8) is 0 Å². The average molecular weight is 253 g/mol. The van der Waals surface area contributed by atoms with Crippen LogP contribution in [0.25, 0.3) is 0 Å². The van der Waals surface area contributed by atoms with E-state index in [-0.39, 0.29) is 0 Å². The maximum atomic E-state index is 2.39. The molecular formula is C18H23N. The van der Waals surface area contributed by atoms with Crippen LogP contribution in [-0.2, 0) is 12.8 Å². The number of nitrogens with zero attached hydrogens (tertiary/aromatic N) is 1. The quantitative estimate of drug-likeness (QED) is 0.741.